The maximum absolute atomic E-state index is 12.3. The van der Waals surface area contributed by atoms with Gasteiger partial charge in [0.05, 0.1) is 15.2 Å². The zero-order valence-corrected chi connectivity index (χ0v) is 15.9. The quantitative estimate of drug-likeness (QED) is 0.722. The summed E-state index contributed by atoms with van der Waals surface area (Å²) in [6.07, 6.45) is 5.50. The molecule has 0 spiro atoms. The standard InChI is InChI=1S/C18H18BrN3O2S/c19-16-7-4-13(25-16)5-8-17(23)21-14-11-12(18(20)24)3-6-15(14)22-9-1-2-10-22/h3-8,11H,1-2,9-10H2,(H2,20,24)(H,21,23)/b8-5+. The number of amides is 2. The second-order valence-electron chi connectivity index (χ2n) is 5.75. The fourth-order valence-corrected chi connectivity index (χ4v) is 4.10. The summed E-state index contributed by atoms with van der Waals surface area (Å²) in [5.41, 5.74) is 7.28. The number of carbonyl (C=O) groups is 2. The van der Waals surface area contributed by atoms with Crippen molar-refractivity contribution in [2.24, 2.45) is 5.73 Å². The van der Waals surface area contributed by atoms with Crippen molar-refractivity contribution >= 4 is 56.5 Å². The highest BCUT2D eigenvalue weighted by atomic mass is 79.9. The van der Waals surface area contributed by atoms with Crippen LogP contribution >= 0.6 is 27.3 Å². The number of nitrogens with zero attached hydrogens (tertiary/aromatic N) is 1. The molecule has 2 heterocycles. The molecule has 5 nitrogen and oxygen atoms in total. The summed E-state index contributed by atoms with van der Waals surface area (Å²) in [5.74, 6) is -0.756. The molecule has 1 aliphatic heterocycles. The third-order valence-electron chi connectivity index (χ3n) is 3.98. The van der Waals surface area contributed by atoms with Crippen molar-refractivity contribution in [3.05, 3.63) is 50.6 Å². The van der Waals surface area contributed by atoms with Gasteiger partial charge in [-0.1, -0.05) is 0 Å². The second-order valence-corrected chi connectivity index (χ2v) is 8.25. The molecule has 0 unspecified atom stereocenters. The van der Waals surface area contributed by atoms with Crippen molar-refractivity contribution in [2.45, 2.75) is 12.8 Å². The predicted molar refractivity (Wildman–Crippen MR) is 106 cm³/mol. The van der Waals surface area contributed by atoms with Gasteiger partial charge in [-0.15, -0.1) is 11.3 Å². The summed E-state index contributed by atoms with van der Waals surface area (Å²) in [7, 11) is 0. The van der Waals surface area contributed by atoms with E-state index in [1.807, 2.05) is 18.2 Å². The van der Waals surface area contributed by atoms with Gasteiger partial charge >= 0.3 is 0 Å². The first-order valence-electron chi connectivity index (χ1n) is 7.96. The Labute approximate surface area is 158 Å². The van der Waals surface area contributed by atoms with Gasteiger partial charge < -0.3 is 16.0 Å². The lowest BCUT2D eigenvalue weighted by atomic mass is 10.1. The van der Waals surface area contributed by atoms with Gasteiger partial charge in [0, 0.05) is 29.6 Å². The first-order valence-corrected chi connectivity index (χ1v) is 9.57. The Morgan fingerprint density at radius 1 is 1.20 bits per heavy atom. The molecule has 130 valence electrons. The normalized spacial score (nSPS) is 14.2. The first-order chi connectivity index (χ1) is 12.0. The molecule has 2 aromatic rings. The van der Waals surface area contributed by atoms with E-state index in [-0.39, 0.29) is 5.91 Å². The van der Waals surface area contributed by atoms with Gasteiger partial charge in [0.15, 0.2) is 0 Å². The number of rotatable bonds is 5. The molecule has 0 radical (unpaired) electrons. The molecule has 2 amide bonds. The Morgan fingerprint density at radius 3 is 2.60 bits per heavy atom. The summed E-state index contributed by atoms with van der Waals surface area (Å²) in [6, 6.07) is 9.06. The van der Waals surface area contributed by atoms with Gasteiger partial charge in [-0.25, -0.2) is 0 Å². The van der Waals surface area contributed by atoms with Gasteiger partial charge in [-0.05, 0) is 65.2 Å². The van der Waals surface area contributed by atoms with Gasteiger partial charge in [0.25, 0.3) is 0 Å². The maximum atomic E-state index is 12.3. The Kier molecular flexibility index (Phi) is 5.55. The number of hydrogen-bond acceptors (Lipinski definition) is 4. The molecule has 0 aliphatic carbocycles. The third-order valence-corrected chi connectivity index (χ3v) is 5.57. The number of primary amides is 1. The van der Waals surface area contributed by atoms with Crippen molar-refractivity contribution in [1.82, 2.24) is 0 Å². The summed E-state index contributed by atoms with van der Waals surface area (Å²) in [4.78, 5) is 27.0. The van der Waals surface area contributed by atoms with E-state index in [4.69, 9.17) is 5.73 Å². The van der Waals surface area contributed by atoms with Crippen LogP contribution in [0.15, 0.2) is 40.2 Å². The molecule has 3 N–H and O–H groups in total. The minimum absolute atomic E-state index is 0.244. The molecule has 1 aromatic carbocycles. The molecule has 0 saturated carbocycles. The summed E-state index contributed by atoms with van der Waals surface area (Å²) >= 11 is 4.94. The molecule has 1 aromatic heterocycles. The molecule has 1 aliphatic rings. The number of hydrogen-bond donors (Lipinski definition) is 2. The molecule has 3 rings (SSSR count). The van der Waals surface area contributed by atoms with Crippen LogP contribution in [-0.4, -0.2) is 24.9 Å². The van der Waals surface area contributed by atoms with Crippen LogP contribution < -0.4 is 16.0 Å². The van der Waals surface area contributed by atoms with Crippen LogP contribution in [-0.2, 0) is 4.79 Å². The minimum atomic E-state index is -0.512. The minimum Gasteiger partial charge on any atom is -0.370 e. The largest absolute Gasteiger partial charge is 0.370 e. The number of thiophene rings is 1. The van der Waals surface area contributed by atoms with Crippen molar-refractivity contribution < 1.29 is 9.59 Å². The van der Waals surface area contributed by atoms with E-state index in [0.717, 1.165) is 40.3 Å². The highest BCUT2D eigenvalue weighted by Crippen LogP contribution is 2.30. The van der Waals surface area contributed by atoms with E-state index in [2.05, 4.69) is 26.1 Å². The molecule has 25 heavy (non-hydrogen) atoms. The van der Waals surface area contributed by atoms with Crippen LogP contribution in [0, 0.1) is 0 Å². The number of nitrogens with one attached hydrogen (secondary N) is 1. The number of halogens is 1. The van der Waals surface area contributed by atoms with E-state index in [1.54, 1.807) is 29.5 Å². The highest BCUT2D eigenvalue weighted by Gasteiger charge is 2.18. The first kappa shape index (κ1) is 17.7. The molecular formula is C18H18BrN3O2S. The average Bonchev–Trinajstić information content (AvgIpc) is 3.24. The zero-order valence-electron chi connectivity index (χ0n) is 13.5. The van der Waals surface area contributed by atoms with Crippen LogP contribution in [0.5, 0.6) is 0 Å². The molecule has 1 fully saturated rings. The molecular weight excluding hydrogens is 402 g/mol. The second kappa shape index (κ2) is 7.84. The topological polar surface area (TPSA) is 75.4 Å². The van der Waals surface area contributed by atoms with Crippen molar-refractivity contribution in [1.29, 1.82) is 0 Å². The summed E-state index contributed by atoms with van der Waals surface area (Å²) in [5, 5.41) is 2.88. The SMILES string of the molecule is NC(=O)c1ccc(N2CCCC2)c(NC(=O)/C=C/c2ccc(Br)s2)c1. The molecule has 1 saturated heterocycles. The van der Waals surface area contributed by atoms with Crippen molar-refractivity contribution in [3.8, 4) is 0 Å². The number of carbonyl (C=O) groups excluding carboxylic acids is 2. The van der Waals surface area contributed by atoms with Crippen LogP contribution in [0.1, 0.15) is 28.1 Å². The maximum Gasteiger partial charge on any atom is 0.248 e. The number of benzene rings is 1. The van der Waals surface area contributed by atoms with Crippen molar-refractivity contribution in [3.63, 3.8) is 0 Å². The fraction of sp³-hybridized carbons (Fsp3) is 0.222. The lowest BCUT2D eigenvalue weighted by molar-refractivity contribution is -0.111. The summed E-state index contributed by atoms with van der Waals surface area (Å²) < 4.78 is 1.01. The predicted octanol–water partition coefficient (Wildman–Crippen LogP) is 3.86. The third kappa shape index (κ3) is 4.49. The lowest BCUT2D eigenvalue weighted by Crippen LogP contribution is -2.21. The smallest absolute Gasteiger partial charge is 0.248 e. The van der Waals surface area contributed by atoms with Crippen LogP contribution in [0.2, 0.25) is 0 Å². The van der Waals surface area contributed by atoms with Gasteiger partial charge in [0.2, 0.25) is 11.8 Å². The van der Waals surface area contributed by atoms with E-state index in [1.165, 1.54) is 6.08 Å². The lowest BCUT2D eigenvalue weighted by Gasteiger charge is -2.21. The molecule has 7 heteroatoms. The van der Waals surface area contributed by atoms with E-state index >= 15 is 0 Å². The Balaban J connectivity index is 1.81. The fourth-order valence-electron chi connectivity index (χ4n) is 2.77. The molecule has 0 bridgehead atoms. The van der Waals surface area contributed by atoms with Gasteiger partial charge in [-0.2, -0.15) is 0 Å². The van der Waals surface area contributed by atoms with E-state index in [9.17, 15) is 9.59 Å². The van der Waals surface area contributed by atoms with Crippen molar-refractivity contribution in [2.75, 3.05) is 23.3 Å². The highest BCUT2D eigenvalue weighted by molar-refractivity contribution is 9.11. The van der Waals surface area contributed by atoms with E-state index < -0.39 is 5.91 Å². The van der Waals surface area contributed by atoms with Crippen LogP contribution in [0.3, 0.4) is 0 Å². The molecule has 0 atom stereocenters. The van der Waals surface area contributed by atoms with Gasteiger partial charge in [-0.3, -0.25) is 9.59 Å². The summed E-state index contributed by atoms with van der Waals surface area (Å²) in [6.45, 7) is 1.88. The monoisotopic (exact) mass is 419 g/mol. The Bertz CT molecular complexity index is 825. The Hall–Kier alpha value is -2.12. The van der Waals surface area contributed by atoms with Crippen LogP contribution in [0.4, 0.5) is 11.4 Å². The Morgan fingerprint density at radius 2 is 1.96 bits per heavy atom. The van der Waals surface area contributed by atoms with Crippen LogP contribution in [0.25, 0.3) is 6.08 Å². The number of nitrogens with two attached hydrogens (primary N) is 1. The van der Waals surface area contributed by atoms with E-state index in [0.29, 0.717) is 11.3 Å². The average molecular weight is 420 g/mol. The zero-order chi connectivity index (χ0) is 17.8. The number of anilines is 2. The van der Waals surface area contributed by atoms with Gasteiger partial charge in [0.1, 0.15) is 0 Å².